The van der Waals surface area contributed by atoms with E-state index < -0.39 is 5.92 Å². The molecule has 4 N–H and O–H groups in total. The summed E-state index contributed by atoms with van der Waals surface area (Å²) in [5, 5.41) is 26.6. The van der Waals surface area contributed by atoms with Crippen molar-refractivity contribution in [2.24, 2.45) is 5.73 Å². The number of pyridine rings is 1. The van der Waals surface area contributed by atoms with Crippen molar-refractivity contribution < 1.29 is 9.84 Å². The summed E-state index contributed by atoms with van der Waals surface area (Å²) >= 11 is 0. The molecule has 25 heavy (non-hydrogen) atoms. The summed E-state index contributed by atoms with van der Waals surface area (Å²) in [6.07, 6.45) is 3.34. The molecule has 0 unspecified atom stereocenters. The lowest BCUT2D eigenvalue weighted by Crippen LogP contribution is -2.20. The number of allylic oxidation sites excluding steroid dienone is 1. The van der Waals surface area contributed by atoms with E-state index in [9.17, 15) is 10.4 Å². The van der Waals surface area contributed by atoms with Crippen LogP contribution in [0.25, 0.3) is 11.3 Å². The van der Waals surface area contributed by atoms with Crippen LogP contribution < -0.4 is 10.5 Å². The van der Waals surface area contributed by atoms with Crippen LogP contribution in [-0.4, -0.2) is 20.3 Å². The number of H-pyrrole nitrogens is 1. The number of fused-ring (bicyclic) bond motifs is 1. The van der Waals surface area contributed by atoms with E-state index in [2.05, 4.69) is 21.3 Å². The van der Waals surface area contributed by atoms with Gasteiger partial charge in [0.15, 0.2) is 0 Å². The van der Waals surface area contributed by atoms with Gasteiger partial charge < -0.3 is 15.6 Å². The first kappa shape index (κ1) is 14.8. The zero-order valence-corrected chi connectivity index (χ0v) is 13.0. The minimum atomic E-state index is -0.497. The van der Waals surface area contributed by atoms with Gasteiger partial charge in [-0.3, -0.25) is 10.1 Å². The van der Waals surface area contributed by atoms with E-state index in [0.29, 0.717) is 17.1 Å². The second kappa shape index (κ2) is 5.69. The van der Waals surface area contributed by atoms with Crippen molar-refractivity contribution in [1.82, 2.24) is 15.2 Å². The molecule has 0 bridgehead atoms. The van der Waals surface area contributed by atoms with Crippen LogP contribution in [0.2, 0.25) is 0 Å². The molecule has 0 spiro atoms. The minimum absolute atomic E-state index is 0.0103. The number of aromatic hydroxyl groups is 1. The van der Waals surface area contributed by atoms with Crippen molar-refractivity contribution in [3.05, 3.63) is 71.4 Å². The number of phenols is 1. The second-order valence-corrected chi connectivity index (χ2v) is 5.57. The van der Waals surface area contributed by atoms with Gasteiger partial charge in [-0.15, -0.1) is 5.10 Å². The molecule has 1 aliphatic heterocycles. The van der Waals surface area contributed by atoms with Gasteiger partial charge in [0.1, 0.15) is 17.4 Å². The predicted molar refractivity (Wildman–Crippen MR) is 89.2 cm³/mol. The van der Waals surface area contributed by atoms with E-state index in [0.717, 1.165) is 11.1 Å². The van der Waals surface area contributed by atoms with Crippen molar-refractivity contribution >= 4 is 0 Å². The first-order valence-corrected chi connectivity index (χ1v) is 7.54. The first-order valence-electron chi connectivity index (χ1n) is 7.54. The summed E-state index contributed by atoms with van der Waals surface area (Å²) < 4.78 is 5.53. The largest absolute Gasteiger partial charge is 0.508 e. The number of benzene rings is 1. The summed E-state index contributed by atoms with van der Waals surface area (Å²) in [6, 6.07) is 12.5. The molecule has 0 fully saturated rings. The maximum Gasteiger partial charge on any atom is 0.244 e. The Kier molecular flexibility index (Phi) is 3.36. The summed E-state index contributed by atoms with van der Waals surface area (Å²) in [4.78, 5) is 4.02. The fourth-order valence-electron chi connectivity index (χ4n) is 3.02. The lowest BCUT2D eigenvalue weighted by molar-refractivity contribution is 0.378. The molecule has 122 valence electrons. The zero-order valence-electron chi connectivity index (χ0n) is 13.0. The molecule has 7 heteroatoms. The van der Waals surface area contributed by atoms with Crippen molar-refractivity contribution in [2.75, 3.05) is 0 Å². The van der Waals surface area contributed by atoms with Gasteiger partial charge >= 0.3 is 0 Å². The quantitative estimate of drug-likeness (QED) is 0.663. The number of ether oxygens (including phenoxy) is 1. The average Bonchev–Trinajstić information content (AvgIpc) is 3.04. The Morgan fingerprint density at radius 3 is 2.76 bits per heavy atom. The Morgan fingerprint density at radius 1 is 1.24 bits per heavy atom. The fourth-order valence-corrected chi connectivity index (χ4v) is 3.02. The summed E-state index contributed by atoms with van der Waals surface area (Å²) in [7, 11) is 0. The van der Waals surface area contributed by atoms with Crippen LogP contribution in [0.5, 0.6) is 11.6 Å². The van der Waals surface area contributed by atoms with E-state index in [-0.39, 0.29) is 17.2 Å². The molecule has 0 saturated heterocycles. The molecule has 1 atom stereocenters. The molecule has 1 aliphatic rings. The maximum absolute atomic E-state index is 9.86. The van der Waals surface area contributed by atoms with Crippen LogP contribution in [0, 0.1) is 11.3 Å². The number of hydrogen-bond acceptors (Lipinski definition) is 6. The molecular formula is C18H13N5O2. The standard InChI is InChI=1S/C18H13N5O2/c19-9-13-14(11-2-1-3-12(24)8-11)15-16(10-4-6-21-7-5-10)22-23-18(15)25-17(13)20/h1-8,14,24H,20H2,(H,22,23)/t14-/m0/s1. The van der Waals surface area contributed by atoms with Crippen LogP contribution in [0.3, 0.4) is 0 Å². The summed E-state index contributed by atoms with van der Waals surface area (Å²) in [6.45, 7) is 0. The van der Waals surface area contributed by atoms with E-state index in [1.165, 1.54) is 0 Å². The lowest BCUT2D eigenvalue weighted by Gasteiger charge is -2.24. The van der Waals surface area contributed by atoms with Gasteiger partial charge in [0, 0.05) is 18.0 Å². The van der Waals surface area contributed by atoms with E-state index in [1.54, 1.807) is 30.6 Å². The Balaban J connectivity index is 1.97. The van der Waals surface area contributed by atoms with Crippen LogP contribution in [0.4, 0.5) is 0 Å². The molecule has 1 aromatic carbocycles. The molecule has 7 nitrogen and oxygen atoms in total. The molecule has 0 saturated carbocycles. The third-order valence-electron chi connectivity index (χ3n) is 4.11. The van der Waals surface area contributed by atoms with E-state index in [1.807, 2.05) is 18.2 Å². The van der Waals surface area contributed by atoms with Gasteiger partial charge in [-0.2, -0.15) is 5.26 Å². The molecule has 2 aromatic heterocycles. The number of nitrogens with zero attached hydrogens (tertiary/aromatic N) is 3. The smallest absolute Gasteiger partial charge is 0.244 e. The zero-order chi connectivity index (χ0) is 17.4. The number of nitrogens with one attached hydrogen (secondary N) is 1. The number of nitriles is 1. The van der Waals surface area contributed by atoms with Crippen LogP contribution in [-0.2, 0) is 0 Å². The van der Waals surface area contributed by atoms with Gasteiger partial charge in [0.25, 0.3) is 0 Å². The molecule has 4 rings (SSSR count). The molecule has 0 radical (unpaired) electrons. The SMILES string of the molecule is N#CC1=C(N)Oc2n[nH]c(-c3ccncc3)c2[C@H]1c1cccc(O)c1. The molecule has 3 aromatic rings. The molecule has 0 amide bonds. The van der Waals surface area contributed by atoms with Crippen LogP contribution >= 0.6 is 0 Å². The first-order chi connectivity index (χ1) is 12.2. The third kappa shape index (κ3) is 2.37. The Morgan fingerprint density at radius 2 is 2.04 bits per heavy atom. The van der Waals surface area contributed by atoms with Crippen LogP contribution in [0.1, 0.15) is 17.0 Å². The number of nitrogens with two attached hydrogens (primary N) is 1. The highest BCUT2D eigenvalue weighted by molar-refractivity contribution is 5.70. The van der Waals surface area contributed by atoms with Gasteiger partial charge in [0.05, 0.1) is 17.2 Å². The average molecular weight is 331 g/mol. The fraction of sp³-hybridized carbons (Fsp3) is 0.0556. The topological polar surface area (TPSA) is 121 Å². The van der Waals surface area contributed by atoms with Gasteiger partial charge in [0.2, 0.25) is 11.8 Å². The van der Waals surface area contributed by atoms with Crippen molar-refractivity contribution in [3.63, 3.8) is 0 Å². The predicted octanol–water partition coefficient (Wildman–Crippen LogP) is 2.40. The Labute approximate surface area is 143 Å². The lowest BCUT2D eigenvalue weighted by atomic mass is 9.83. The maximum atomic E-state index is 9.86. The van der Waals surface area contributed by atoms with Crippen LogP contribution in [0.15, 0.2) is 60.2 Å². The van der Waals surface area contributed by atoms with Gasteiger partial charge in [-0.1, -0.05) is 12.1 Å². The third-order valence-corrected chi connectivity index (χ3v) is 4.11. The normalized spacial score (nSPS) is 16.0. The highest BCUT2D eigenvalue weighted by Crippen LogP contribution is 2.45. The summed E-state index contributed by atoms with van der Waals surface area (Å²) in [5.74, 6) is -0.0640. The minimum Gasteiger partial charge on any atom is -0.508 e. The summed E-state index contributed by atoms with van der Waals surface area (Å²) in [5.41, 5.74) is 9.19. The van der Waals surface area contributed by atoms with Gasteiger partial charge in [-0.25, -0.2) is 0 Å². The highest BCUT2D eigenvalue weighted by atomic mass is 16.5. The second-order valence-electron chi connectivity index (χ2n) is 5.57. The van der Waals surface area contributed by atoms with Crippen molar-refractivity contribution in [2.45, 2.75) is 5.92 Å². The molecule has 3 heterocycles. The number of hydrogen-bond donors (Lipinski definition) is 3. The number of aromatic nitrogens is 3. The number of phenolic OH excluding ortho intramolecular Hbond substituents is 1. The molecular weight excluding hydrogens is 318 g/mol. The number of rotatable bonds is 2. The van der Waals surface area contributed by atoms with Crippen molar-refractivity contribution in [1.29, 1.82) is 5.26 Å². The number of aromatic amines is 1. The Hall–Kier alpha value is -3.79. The highest BCUT2D eigenvalue weighted by Gasteiger charge is 2.35. The molecule has 0 aliphatic carbocycles. The van der Waals surface area contributed by atoms with E-state index >= 15 is 0 Å². The van der Waals surface area contributed by atoms with Gasteiger partial charge in [-0.05, 0) is 29.8 Å². The van der Waals surface area contributed by atoms with Crippen molar-refractivity contribution in [3.8, 4) is 29.0 Å². The Bertz CT molecular complexity index is 1020. The monoisotopic (exact) mass is 331 g/mol. The van der Waals surface area contributed by atoms with E-state index in [4.69, 9.17) is 10.5 Å².